The van der Waals surface area contributed by atoms with Crippen molar-refractivity contribution in [2.45, 2.75) is 219 Å². The van der Waals surface area contributed by atoms with Crippen molar-refractivity contribution in [3.63, 3.8) is 0 Å². The summed E-state index contributed by atoms with van der Waals surface area (Å²) in [7, 11) is 0. The van der Waals surface area contributed by atoms with E-state index in [9.17, 15) is 19.8 Å². The van der Waals surface area contributed by atoms with Crippen LogP contribution in [0.15, 0.2) is 0 Å². The molecule has 0 atom stereocenters. The van der Waals surface area contributed by atoms with Crippen molar-refractivity contribution in [2.75, 3.05) is 0 Å². The molecule has 244 valence electrons. The Labute approximate surface area is 308 Å². The molecule has 4 nitrogen and oxygen atoms in total. The monoisotopic (exact) mass is 672 g/mol. The molecule has 0 fully saturated rings. The minimum atomic E-state index is -0.903. The van der Waals surface area contributed by atoms with Crippen LogP contribution in [0.25, 0.3) is 0 Å². The maximum Gasteiger partial charge on any atom is 2.00 e. The Morgan fingerprint density at radius 3 is 0.643 bits per heavy atom. The van der Waals surface area contributed by atoms with E-state index in [1.807, 2.05) is 0 Å². The number of carbonyl (C=O) groups is 2. The van der Waals surface area contributed by atoms with Crippen LogP contribution in [0.2, 0.25) is 0 Å². The minimum absolute atomic E-state index is 0. The van der Waals surface area contributed by atoms with Crippen LogP contribution >= 0.6 is 0 Å². The minimum Gasteiger partial charge on any atom is -1.00 e. The molecule has 0 aromatic carbocycles. The van der Waals surface area contributed by atoms with E-state index in [0.29, 0.717) is 0 Å². The Hall–Kier alpha value is 0.823. The Morgan fingerprint density at radius 1 is 0.357 bits per heavy atom. The van der Waals surface area contributed by atoms with Crippen molar-refractivity contribution in [1.82, 2.24) is 0 Å². The molecule has 0 aromatic heterocycles. The van der Waals surface area contributed by atoms with E-state index in [2.05, 4.69) is 13.8 Å². The van der Waals surface area contributed by atoms with Gasteiger partial charge in [0.25, 0.3) is 0 Å². The summed E-state index contributed by atoms with van der Waals surface area (Å²) in [6.45, 7) is 4.53. The van der Waals surface area contributed by atoms with Crippen LogP contribution < -0.4 is 10.2 Å². The third kappa shape index (κ3) is 53.4. The quantitative estimate of drug-likeness (QED) is 0.0526. The average molecular weight is 674 g/mol. The smallest absolute Gasteiger partial charge is 1.00 e. The Balaban J connectivity index is -0.000000150. The number of aliphatic carboxylic acids is 2. The second-order valence-corrected chi connectivity index (χ2v) is 12.1. The van der Waals surface area contributed by atoms with Gasteiger partial charge in [0.05, 0.1) is 0 Å². The third-order valence-corrected chi connectivity index (χ3v) is 7.97. The number of carbonyl (C=O) groups excluding carboxylic acids is 2. The first-order valence-corrected chi connectivity index (χ1v) is 17.9. The maximum absolute atomic E-state index is 10.2. The number of carboxylic acids is 2. The van der Waals surface area contributed by atoms with E-state index in [-0.39, 0.29) is 72.9 Å². The molecule has 0 saturated heterocycles. The first kappa shape index (κ1) is 49.7. The summed E-state index contributed by atoms with van der Waals surface area (Å²) >= 11 is 0. The third-order valence-electron chi connectivity index (χ3n) is 7.97. The number of rotatable bonds is 32. The topological polar surface area (TPSA) is 80.3 Å². The van der Waals surface area contributed by atoms with Crippen LogP contribution in [0, 0.1) is 0 Å². The summed E-state index contributed by atoms with van der Waals surface area (Å²) in [6, 6.07) is 0. The van der Waals surface area contributed by atoms with Gasteiger partial charge in [-0.3, -0.25) is 0 Å². The largest absolute Gasteiger partial charge is 2.00 e. The molecule has 0 aliphatic heterocycles. The zero-order valence-electron chi connectivity index (χ0n) is 30.7. The molecule has 0 unspecified atom stereocenters. The molecule has 0 N–H and O–H groups in total. The molecular weight excluding hydrogens is 602 g/mol. The van der Waals surface area contributed by atoms with Gasteiger partial charge in [-0.15, -0.1) is 0 Å². The van der Waals surface area contributed by atoms with Crippen molar-refractivity contribution < 1.29 is 42.1 Å². The number of hydrogen-bond acceptors (Lipinski definition) is 4. The molecule has 0 aliphatic carbocycles. The molecule has 6 heteroatoms. The summed E-state index contributed by atoms with van der Waals surface area (Å²) in [5.74, 6) is -1.81. The molecule has 0 rings (SSSR count). The molecule has 0 saturated carbocycles. The summed E-state index contributed by atoms with van der Waals surface area (Å²) in [5, 5.41) is 20.4. The molecular formula is C36H72CaO4Zn. The molecule has 42 heavy (non-hydrogen) atoms. The van der Waals surface area contributed by atoms with Crippen molar-refractivity contribution in [3.8, 4) is 0 Å². The summed E-state index contributed by atoms with van der Waals surface area (Å²) in [5.41, 5.74) is 0. The number of carboxylic acid groups (broad SMARTS) is 2. The molecule has 0 heterocycles. The van der Waals surface area contributed by atoms with E-state index in [0.717, 1.165) is 25.7 Å². The van der Waals surface area contributed by atoms with Crippen molar-refractivity contribution in [2.24, 2.45) is 0 Å². The van der Waals surface area contributed by atoms with Gasteiger partial charge in [-0.05, 0) is 25.7 Å². The molecule has 0 radical (unpaired) electrons. The molecule has 0 bridgehead atoms. The van der Waals surface area contributed by atoms with E-state index >= 15 is 0 Å². The van der Waals surface area contributed by atoms with Crippen LogP contribution in [0.5, 0.6) is 0 Å². The SMILES string of the molecule is CCCCCCCCCCCCCCCCCC(=O)[O-].CCCCCCCCCCCCCCCCCC(=O)[O-].[Ca+2].[H-].[H-].[Zn+2]. The Morgan fingerprint density at radius 2 is 0.500 bits per heavy atom. The van der Waals surface area contributed by atoms with Gasteiger partial charge < -0.3 is 22.7 Å². The van der Waals surface area contributed by atoms with Crippen molar-refractivity contribution in [1.29, 1.82) is 0 Å². The van der Waals surface area contributed by atoms with Crippen LogP contribution in [0.4, 0.5) is 0 Å². The Kier molecular flexibility index (Phi) is 54.7. The fourth-order valence-electron chi connectivity index (χ4n) is 5.28. The number of hydrogen-bond donors (Lipinski definition) is 0. The summed E-state index contributed by atoms with van der Waals surface area (Å²) in [4.78, 5) is 20.4. The van der Waals surface area contributed by atoms with Gasteiger partial charge in [0, 0.05) is 11.9 Å². The first-order valence-electron chi connectivity index (χ1n) is 17.9. The van der Waals surface area contributed by atoms with Gasteiger partial charge in [0.15, 0.2) is 0 Å². The van der Waals surface area contributed by atoms with Crippen LogP contribution in [-0.4, -0.2) is 49.7 Å². The summed E-state index contributed by atoms with van der Waals surface area (Å²) < 4.78 is 0. The normalized spacial score (nSPS) is 10.3. The predicted molar refractivity (Wildman–Crippen MR) is 177 cm³/mol. The standard InChI is InChI=1S/2C18H36O2.Ca.Zn.2H/c2*1-2-3-4-5-6-7-8-9-10-11-12-13-14-15-16-17-18(19)20;;;;/h2*2-17H2,1H3,(H,19,20);;;;/q;;2*+2;2*-1/p-2. The number of unbranched alkanes of at least 4 members (excludes halogenated alkanes) is 28. The van der Waals surface area contributed by atoms with E-state index < -0.39 is 11.9 Å². The van der Waals surface area contributed by atoms with Crippen LogP contribution in [0.1, 0.15) is 222 Å². The maximum atomic E-state index is 10.2. The first-order chi connectivity index (χ1) is 19.5. The Bertz CT molecular complexity index is 473. The molecule has 0 spiro atoms. The van der Waals surface area contributed by atoms with Gasteiger partial charge in [-0.1, -0.05) is 194 Å². The van der Waals surface area contributed by atoms with Crippen LogP contribution in [-0.2, 0) is 29.1 Å². The van der Waals surface area contributed by atoms with Gasteiger partial charge in [0.2, 0.25) is 0 Å². The second-order valence-electron chi connectivity index (χ2n) is 12.1. The van der Waals surface area contributed by atoms with Gasteiger partial charge >= 0.3 is 57.2 Å². The van der Waals surface area contributed by atoms with Crippen molar-refractivity contribution >= 4 is 49.7 Å². The molecule has 0 amide bonds. The zero-order chi connectivity index (χ0) is 29.8. The van der Waals surface area contributed by atoms with Gasteiger partial charge in [-0.25, -0.2) is 0 Å². The van der Waals surface area contributed by atoms with Gasteiger partial charge in [-0.2, -0.15) is 0 Å². The van der Waals surface area contributed by atoms with E-state index in [1.165, 1.54) is 167 Å². The molecule has 0 aliphatic rings. The predicted octanol–water partition coefficient (Wildman–Crippen LogP) is 9.84. The van der Waals surface area contributed by atoms with Crippen molar-refractivity contribution in [3.05, 3.63) is 0 Å². The fourth-order valence-corrected chi connectivity index (χ4v) is 5.28. The molecule has 0 aromatic rings. The van der Waals surface area contributed by atoms with E-state index in [4.69, 9.17) is 0 Å². The second kappa shape index (κ2) is 46.2. The van der Waals surface area contributed by atoms with E-state index in [1.54, 1.807) is 0 Å². The fraction of sp³-hybridized carbons (Fsp3) is 0.944. The van der Waals surface area contributed by atoms with Gasteiger partial charge in [0.1, 0.15) is 0 Å². The summed E-state index contributed by atoms with van der Waals surface area (Å²) in [6.07, 6.45) is 39.7. The van der Waals surface area contributed by atoms with Crippen LogP contribution in [0.3, 0.4) is 0 Å². The average Bonchev–Trinajstić information content (AvgIpc) is 2.93. The zero-order valence-corrected chi connectivity index (χ0v) is 33.9.